The third-order valence-corrected chi connectivity index (χ3v) is 3.73. The van der Waals surface area contributed by atoms with E-state index in [4.69, 9.17) is 17.0 Å². The van der Waals surface area contributed by atoms with E-state index >= 15 is 0 Å². The number of ether oxygens (including phenoxy) is 1. The summed E-state index contributed by atoms with van der Waals surface area (Å²) >= 11 is 5.07. The molecule has 0 unspecified atom stereocenters. The van der Waals surface area contributed by atoms with Crippen molar-refractivity contribution in [2.45, 2.75) is 32.4 Å². The lowest BCUT2D eigenvalue weighted by Crippen LogP contribution is -2.38. The number of aromatic nitrogens is 3. The number of nitrogens with one attached hydrogen (secondary N) is 2. The van der Waals surface area contributed by atoms with E-state index in [0.717, 1.165) is 12.1 Å². The lowest BCUT2D eigenvalue weighted by atomic mass is 10.1. The molecule has 0 fully saturated rings. The molecule has 0 aliphatic carbocycles. The third-order valence-electron chi connectivity index (χ3n) is 3.44. The number of rotatable bonds is 6. The number of alkyl halides is 2. The van der Waals surface area contributed by atoms with Gasteiger partial charge < -0.3 is 14.6 Å². The van der Waals surface area contributed by atoms with Crippen LogP contribution in [0.5, 0.6) is 5.75 Å². The van der Waals surface area contributed by atoms with E-state index in [2.05, 4.69) is 15.5 Å². The summed E-state index contributed by atoms with van der Waals surface area (Å²) < 4.78 is 35.4. The summed E-state index contributed by atoms with van der Waals surface area (Å²) in [4.78, 5) is 11.9. The average Bonchev–Trinajstić information content (AvgIpc) is 2.93. The molecule has 0 spiro atoms. The number of hydrogen-bond donors (Lipinski definition) is 2. The molecule has 0 saturated heterocycles. The summed E-state index contributed by atoms with van der Waals surface area (Å²) in [6.45, 7) is 3.60. The van der Waals surface area contributed by atoms with Gasteiger partial charge in [-0.25, -0.2) is 0 Å². The van der Waals surface area contributed by atoms with Crippen molar-refractivity contribution in [3.8, 4) is 5.75 Å². The molecule has 0 radical (unpaired) electrons. The molecule has 1 heterocycles. The SMILES string of the molecule is COc1ccc(C(F)(F)C(=O)NCc2n[nH]c(=S)n2C(C)C)cc1. The number of methoxy groups -OCH3 is 1. The fourth-order valence-electron chi connectivity index (χ4n) is 2.20. The Morgan fingerprint density at radius 3 is 2.58 bits per heavy atom. The molecule has 1 aromatic heterocycles. The van der Waals surface area contributed by atoms with E-state index in [0.29, 0.717) is 16.3 Å². The van der Waals surface area contributed by atoms with Crippen LogP contribution in [0.2, 0.25) is 0 Å². The van der Waals surface area contributed by atoms with Crippen molar-refractivity contribution in [2.75, 3.05) is 7.11 Å². The summed E-state index contributed by atoms with van der Waals surface area (Å²) in [6.07, 6.45) is 0. The highest BCUT2D eigenvalue weighted by Gasteiger charge is 2.40. The van der Waals surface area contributed by atoms with E-state index in [1.807, 2.05) is 13.8 Å². The maximum absolute atomic E-state index is 14.2. The molecule has 130 valence electrons. The minimum atomic E-state index is -3.66. The zero-order valence-electron chi connectivity index (χ0n) is 13.5. The quantitative estimate of drug-likeness (QED) is 0.781. The van der Waals surface area contributed by atoms with Crippen LogP contribution in [-0.4, -0.2) is 27.8 Å². The maximum atomic E-state index is 14.2. The molecule has 2 N–H and O–H groups in total. The summed E-state index contributed by atoms with van der Waals surface area (Å²) in [7, 11) is 1.43. The van der Waals surface area contributed by atoms with Crippen molar-refractivity contribution in [1.29, 1.82) is 0 Å². The second kappa shape index (κ2) is 7.08. The standard InChI is InChI=1S/C15H18F2N4O2S/c1-9(2)21-12(19-20-14(21)24)8-18-13(22)15(16,17)10-4-6-11(23-3)7-5-10/h4-7,9H,8H2,1-3H3,(H,18,22)(H,20,24). The number of halogens is 2. The van der Waals surface area contributed by atoms with E-state index in [-0.39, 0.29) is 12.6 Å². The van der Waals surface area contributed by atoms with Gasteiger partial charge in [0.1, 0.15) is 5.75 Å². The molecule has 0 atom stereocenters. The first-order valence-electron chi connectivity index (χ1n) is 7.23. The van der Waals surface area contributed by atoms with Crippen LogP contribution in [0.4, 0.5) is 8.78 Å². The van der Waals surface area contributed by atoms with Gasteiger partial charge in [-0.05, 0) is 50.3 Å². The monoisotopic (exact) mass is 356 g/mol. The van der Waals surface area contributed by atoms with E-state index in [9.17, 15) is 13.6 Å². The first-order chi connectivity index (χ1) is 11.3. The fourth-order valence-corrected chi connectivity index (χ4v) is 2.56. The van der Waals surface area contributed by atoms with Gasteiger partial charge in [0.25, 0.3) is 5.91 Å². The second-order valence-electron chi connectivity index (χ2n) is 5.39. The van der Waals surface area contributed by atoms with Gasteiger partial charge in [0.15, 0.2) is 10.6 Å². The molecule has 2 rings (SSSR count). The number of nitrogens with zero attached hydrogens (tertiary/aromatic N) is 2. The minimum Gasteiger partial charge on any atom is -0.497 e. The smallest absolute Gasteiger partial charge is 0.349 e. The first-order valence-corrected chi connectivity index (χ1v) is 7.64. The number of amides is 1. The molecule has 0 bridgehead atoms. The highest BCUT2D eigenvalue weighted by atomic mass is 32.1. The number of H-pyrrole nitrogens is 1. The van der Waals surface area contributed by atoms with Gasteiger partial charge in [-0.2, -0.15) is 13.9 Å². The Bertz CT molecular complexity index is 769. The van der Waals surface area contributed by atoms with Gasteiger partial charge in [-0.1, -0.05) is 0 Å². The normalized spacial score (nSPS) is 11.6. The zero-order chi connectivity index (χ0) is 17.9. The molecule has 0 aliphatic rings. The third kappa shape index (κ3) is 3.61. The number of carbonyl (C=O) groups is 1. The van der Waals surface area contributed by atoms with Gasteiger partial charge >= 0.3 is 5.92 Å². The molecule has 1 amide bonds. The maximum Gasteiger partial charge on any atom is 0.349 e. The lowest BCUT2D eigenvalue weighted by molar-refractivity contribution is -0.147. The Labute approximate surface area is 142 Å². The molecule has 2 aromatic rings. The van der Waals surface area contributed by atoms with E-state index < -0.39 is 17.4 Å². The van der Waals surface area contributed by atoms with Crippen LogP contribution >= 0.6 is 12.2 Å². The topological polar surface area (TPSA) is 71.9 Å². The molecular weight excluding hydrogens is 338 g/mol. The van der Waals surface area contributed by atoms with Gasteiger partial charge in [-0.3, -0.25) is 9.89 Å². The summed E-state index contributed by atoms with van der Waals surface area (Å²) in [5, 5.41) is 8.75. The predicted octanol–water partition coefficient (Wildman–Crippen LogP) is 2.94. The molecule has 9 heteroatoms. The van der Waals surface area contributed by atoms with Crippen LogP contribution in [0.1, 0.15) is 31.3 Å². The number of benzene rings is 1. The number of hydrogen-bond acceptors (Lipinski definition) is 4. The van der Waals surface area contributed by atoms with Crippen molar-refractivity contribution in [3.05, 3.63) is 40.4 Å². The van der Waals surface area contributed by atoms with Crippen LogP contribution in [0.15, 0.2) is 24.3 Å². The van der Waals surface area contributed by atoms with Crippen LogP contribution in [0.3, 0.4) is 0 Å². The lowest BCUT2D eigenvalue weighted by Gasteiger charge is -2.17. The Kier molecular flexibility index (Phi) is 5.33. The fraction of sp³-hybridized carbons (Fsp3) is 0.400. The average molecular weight is 356 g/mol. The predicted molar refractivity (Wildman–Crippen MR) is 86.5 cm³/mol. The zero-order valence-corrected chi connectivity index (χ0v) is 14.3. The van der Waals surface area contributed by atoms with Crippen molar-refractivity contribution in [3.63, 3.8) is 0 Å². The van der Waals surface area contributed by atoms with E-state index in [1.165, 1.54) is 19.2 Å². The molecule has 0 aliphatic heterocycles. The van der Waals surface area contributed by atoms with Gasteiger partial charge in [0.05, 0.1) is 13.7 Å². The summed E-state index contributed by atoms with van der Waals surface area (Å²) in [6, 6.07) is 5.05. The molecule has 24 heavy (non-hydrogen) atoms. The van der Waals surface area contributed by atoms with Crippen LogP contribution < -0.4 is 10.1 Å². The van der Waals surface area contributed by atoms with Crippen molar-refractivity contribution < 1.29 is 18.3 Å². The van der Waals surface area contributed by atoms with Crippen LogP contribution in [0.25, 0.3) is 0 Å². The Hall–Kier alpha value is -2.29. The molecule has 1 aromatic carbocycles. The first kappa shape index (κ1) is 18.1. The van der Waals surface area contributed by atoms with Gasteiger partial charge in [0.2, 0.25) is 0 Å². The second-order valence-corrected chi connectivity index (χ2v) is 5.78. The Morgan fingerprint density at radius 2 is 2.04 bits per heavy atom. The van der Waals surface area contributed by atoms with Crippen molar-refractivity contribution >= 4 is 18.1 Å². The van der Waals surface area contributed by atoms with Gasteiger partial charge in [0, 0.05) is 11.6 Å². The van der Waals surface area contributed by atoms with Crippen molar-refractivity contribution in [1.82, 2.24) is 20.1 Å². The van der Waals surface area contributed by atoms with Crippen LogP contribution in [0, 0.1) is 4.77 Å². The van der Waals surface area contributed by atoms with Gasteiger partial charge in [-0.15, -0.1) is 0 Å². The Balaban J connectivity index is 2.12. The van der Waals surface area contributed by atoms with E-state index in [1.54, 1.807) is 4.57 Å². The summed E-state index contributed by atoms with van der Waals surface area (Å²) in [5.74, 6) is -4.25. The molecule has 6 nitrogen and oxygen atoms in total. The number of aromatic amines is 1. The molecular formula is C15H18F2N4O2S. The summed E-state index contributed by atoms with van der Waals surface area (Å²) in [5.41, 5.74) is -0.413. The minimum absolute atomic E-state index is 0.00903. The molecule has 0 saturated carbocycles. The highest BCUT2D eigenvalue weighted by molar-refractivity contribution is 7.71. The van der Waals surface area contributed by atoms with Crippen LogP contribution in [-0.2, 0) is 17.3 Å². The largest absolute Gasteiger partial charge is 0.497 e. The Morgan fingerprint density at radius 1 is 1.42 bits per heavy atom. The van der Waals surface area contributed by atoms with Crippen molar-refractivity contribution in [2.24, 2.45) is 0 Å². The number of carbonyl (C=O) groups excluding carboxylic acids is 1. The highest BCUT2D eigenvalue weighted by Crippen LogP contribution is 2.29.